The van der Waals surface area contributed by atoms with Crippen LogP contribution >= 0.6 is 0 Å². The molecule has 0 fully saturated rings. The second-order valence-electron chi connectivity index (χ2n) is 5.22. The summed E-state index contributed by atoms with van der Waals surface area (Å²) in [5.41, 5.74) is 0.0485. The minimum atomic E-state index is -4.44. The number of benzene rings is 2. The highest BCUT2D eigenvalue weighted by Crippen LogP contribution is 2.30. The summed E-state index contributed by atoms with van der Waals surface area (Å²) in [6.07, 6.45) is -3.34. The maximum absolute atomic E-state index is 12.6. The van der Waals surface area contributed by atoms with Crippen LogP contribution in [0.15, 0.2) is 59.2 Å². The number of para-hydroxylation sites is 1. The van der Waals surface area contributed by atoms with E-state index >= 15 is 0 Å². The number of hydrogen-bond acceptors (Lipinski definition) is 4. The molecule has 26 heavy (non-hydrogen) atoms. The summed E-state index contributed by atoms with van der Waals surface area (Å²) in [7, 11) is 0. The summed E-state index contributed by atoms with van der Waals surface area (Å²) in [5.74, 6) is -0.591. The second-order valence-corrected chi connectivity index (χ2v) is 5.22. The van der Waals surface area contributed by atoms with Gasteiger partial charge in [0.2, 0.25) is 5.89 Å². The Balaban J connectivity index is 1.79. The van der Waals surface area contributed by atoms with E-state index in [-0.39, 0.29) is 17.1 Å². The molecule has 1 heterocycles. The lowest BCUT2D eigenvalue weighted by Gasteiger charge is -2.06. The smallest absolute Gasteiger partial charge is 0.416 e. The number of rotatable bonds is 3. The quantitative estimate of drug-likeness (QED) is 0.749. The van der Waals surface area contributed by atoms with Gasteiger partial charge in [0.05, 0.1) is 16.8 Å². The number of alkyl halides is 3. The van der Waals surface area contributed by atoms with Crippen LogP contribution in [0.25, 0.3) is 11.5 Å². The van der Waals surface area contributed by atoms with E-state index in [1.54, 1.807) is 24.3 Å². The lowest BCUT2D eigenvalue weighted by molar-refractivity contribution is -0.137. The molecular formula is C18H10F3N3O2. The van der Waals surface area contributed by atoms with Crippen molar-refractivity contribution in [3.63, 3.8) is 0 Å². The highest BCUT2D eigenvalue weighted by Gasteiger charge is 2.30. The van der Waals surface area contributed by atoms with Gasteiger partial charge in [-0.25, -0.2) is 4.98 Å². The third-order valence-electron chi connectivity index (χ3n) is 3.49. The van der Waals surface area contributed by atoms with E-state index in [4.69, 9.17) is 9.68 Å². The van der Waals surface area contributed by atoms with Gasteiger partial charge in [-0.15, -0.1) is 0 Å². The van der Waals surface area contributed by atoms with E-state index in [9.17, 15) is 18.0 Å². The SMILES string of the molecule is N#Cc1ccccc1NC(=O)c1coc(-c2ccc(C(F)(F)F)cc2)n1. The number of hydrogen-bond donors (Lipinski definition) is 1. The summed E-state index contributed by atoms with van der Waals surface area (Å²) in [6, 6.07) is 12.6. The van der Waals surface area contributed by atoms with Crippen molar-refractivity contribution >= 4 is 11.6 Å². The minimum Gasteiger partial charge on any atom is -0.444 e. The largest absolute Gasteiger partial charge is 0.444 e. The molecule has 0 aliphatic carbocycles. The molecule has 0 aliphatic rings. The van der Waals surface area contributed by atoms with Crippen LogP contribution < -0.4 is 5.32 Å². The zero-order valence-electron chi connectivity index (χ0n) is 13.0. The molecule has 0 unspecified atom stereocenters. The number of halogens is 3. The normalized spacial score (nSPS) is 11.0. The summed E-state index contributed by atoms with van der Waals surface area (Å²) in [6.45, 7) is 0. The minimum absolute atomic E-state index is 0.0115. The zero-order chi connectivity index (χ0) is 18.7. The highest BCUT2D eigenvalue weighted by atomic mass is 19.4. The molecule has 3 rings (SSSR count). The highest BCUT2D eigenvalue weighted by molar-refractivity contribution is 6.03. The fraction of sp³-hybridized carbons (Fsp3) is 0.0556. The van der Waals surface area contributed by atoms with Crippen molar-refractivity contribution in [2.24, 2.45) is 0 Å². The van der Waals surface area contributed by atoms with Crippen LogP contribution in [-0.4, -0.2) is 10.9 Å². The van der Waals surface area contributed by atoms with Gasteiger partial charge in [-0.05, 0) is 36.4 Å². The maximum atomic E-state index is 12.6. The summed E-state index contributed by atoms with van der Waals surface area (Å²) in [5, 5.41) is 11.6. The van der Waals surface area contributed by atoms with E-state index in [0.717, 1.165) is 18.4 Å². The molecule has 0 saturated heterocycles. The first-order valence-corrected chi connectivity index (χ1v) is 7.32. The molecule has 0 bridgehead atoms. The van der Waals surface area contributed by atoms with Gasteiger partial charge in [-0.1, -0.05) is 12.1 Å². The molecule has 3 aromatic rings. The number of aromatic nitrogens is 1. The van der Waals surface area contributed by atoms with Crippen LogP contribution in [0.4, 0.5) is 18.9 Å². The van der Waals surface area contributed by atoms with E-state index in [0.29, 0.717) is 11.3 Å². The van der Waals surface area contributed by atoms with E-state index in [1.165, 1.54) is 12.1 Å². The molecule has 0 spiro atoms. The van der Waals surface area contributed by atoms with Crippen LogP contribution in [0.3, 0.4) is 0 Å². The van der Waals surface area contributed by atoms with Gasteiger partial charge in [-0.3, -0.25) is 4.79 Å². The van der Waals surface area contributed by atoms with Crippen LogP contribution in [0.1, 0.15) is 21.6 Å². The Kier molecular flexibility index (Phi) is 4.45. The molecule has 0 atom stereocenters. The van der Waals surface area contributed by atoms with Crippen LogP contribution in [-0.2, 0) is 6.18 Å². The Morgan fingerprint density at radius 3 is 2.46 bits per heavy atom. The van der Waals surface area contributed by atoms with Crippen molar-refractivity contribution in [3.05, 3.63) is 71.6 Å². The Labute approximate surface area is 145 Å². The molecule has 130 valence electrons. The van der Waals surface area contributed by atoms with Crippen molar-refractivity contribution in [3.8, 4) is 17.5 Å². The predicted octanol–water partition coefficient (Wildman–Crippen LogP) is 4.48. The Morgan fingerprint density at radius 1 is 1.12 bits per heavy atom. The van der Waals surface area contributed by atoms with Gasteiger partial charge >= 0.3 is 6.18 Å². The zero-order valence-corrected chi connectivity index (χ0v) is 13.0. The molecule has 1 amide bonds. The van der Waals surface area contributed by atoms with Crippen molar-refractivity contribution in [2.45, 2.75) is 6.18 Å². The number of nitrogens with one attached hydrogen (secondary N) is 1. The fourth-order valence-electron chi connectivity index (χ4n) is 2.19. The molecule has 0 radical (unpaired) electrons. The van der Waals surface area contributed by atoms with Crippen LogP contribution in [0.5, 0.6) is 0 Å². The topological polar surface area (TPSA) is 78.9 Å². The van der Waals surface area contributed by atoms with Gasteiger partial charge in [-0.2, -0.15) is 18.4 Å². The van der Waals surface area contributed by atoms with E-state index < -0.39 is 17.6 Å². The van der Waals surface area contributed by atoms with Crippen LogP contribution in [0, 0.1) is 11.3 Å². The molecule has 2 aromatic carbocycles. The lowest BCUT2D eigenvalue weighted by atomic mass is 10.1. The molecular weight excluding hydrogens is 347 g/mol. The van der Waals surface area contributed by atoms with Gasteiger partial charge in [0.25, 0.3) is 5.91 Å². The first-order valence-electron chi connectivity index (χ1n) is 7.32. The van der Waals surface area contributed by atoms with Crippen molar-refractivity contribution in [2.75, 3.05) is 5.32 Å². The molecule has 8 heteroatoms. The number of amides is 1. The summed E-state index contributed by atoms with van der Waals surface area (Å²) < 4.78 is 42.9. The molecule has 5 nitrogen and oxygen atoms in total. The van der Waals surface area contributed by atoms with Crippen LogP contribution in [0.2, 0.25) is 0 Å². The molecule has 1 N–H and O–H groups in total. The molecule has 0 aliphatic heterocycles. The average Bonchev–Trinajstić information content (AvgIpc) is 3.12. The monoisotopic (exact) mass is 357 g/mol. The number of carbonyl (C=O) groups is 1. The lowest BCUT2D eigenvalue weighted by Crippen LogP contribution is -2.13. The third-order valence-corrected chi connectivity index (χ3v) is 3.49. The number of anilines is 1. The number of carbonyl (C=O) groups excluding carboxylic acids is 1. The van der Waals surface area contributed by atoms with E-state index in [1.807, 2.05) is 6.07 Å². The summed E-state index contributed by atoms with van der Waals surface area (Å²) >= 11 is 0. The average molecular weight is 357 g/mol. The maximum Gasteiger partial charge on any atom is 0.416 e. The number of oxazole rings is 1. The van der Waals surface area contributed by atoms with Gasteiger partial charge in [0, 0.05) is 5.56 Å². The molecule has 0 saturated carbocycles. The third kappa shape index (κ3) is 3.57. The number of nitriles is 1. The Bertz CT molecular complexity index is 986. The van der Waals surface area contributed by atoms with Gasteiger partial charge < -0.3 is 9.73 Å². The Hall–Kier alpha value is -3.60. The number of nitrogens with zero attached hydrogens (tertiary/aromatic N) is 2. The first-order chi connectivity index (χ1) is 12.4. The second kappa shape index (κ2) is 6.72. The first kappa shape index (κ1) is 17.2. The summed E-state index contributed by atoms with van der Waals surface area (Å²) in [4.78, 5) is 16.2. The predicted molar refractivity (Wildman–Crippen MR) is 86.1 cm³/mol. The van der Waals surface area contributed by atoms with Crippen molar-refractivity contribution in [1.29, 1.82) is 5.26 Å². The standard InChI is InChI=1S/C18H10F3N3O2/c19-18(20,21)13-7-5-11(6-8-13)17-24-15(10-26-17)16(25)23-14-4-2-1-3-12(14)9-22/h1-8,10H,(H,23,25). The van der Waals surface area contributed by atoms with Gasteiger partial charge in [0.1, 0.15) is 12.3 Å². The van der Waals surface area contributed by atoms with Crippen molar-refractivity contribution in [1.82, 2.24) is 4.98 Å². The molecule has 1 aromatic heterocycles. The fourth-order valence-corrected chi connectivity index (χ4v) is 2.19. The van der Waals surface area contributed by atoms with Gasteiger partial charge in [0.15, 0.2) is 5.69 Å². The van der Waals surface area contributed by atoms with Crippen molar-refractivity contribution < 1.29 is 22.4 Å². The Morgan fingerprint density at radius 2 is 1.81 bits per heavy atom. The van der Waals surface area contributed by atoms with E-state index in [2.05, 4.69) is 10.3 Å².